The van der Waals surface area contributed by atoms with E-state index < -0.39 is 64.7 Å². The number of benzene rings is 4. The zero-order chi connectivity index (χ0) is 37.9. The van der Waals surface area contributed by atoms with Crippen molar-refractivity contribution in [3.63, 3.8) is 0 Å². The lowest BCUT2D eigenvalue weighted by Gasteiger charge is -2.29. The van der Waals surface area contributed by atoms with Crippen LogP contribution in [0.3, 0.4) is 0 Å². The molecular formula is C37H31F8N3O4. The molecule has 15 heteroatoms. The summed E-state index contributed by atoms with van der Waals surface area (Å²) in [5.74, 6) is -5.03. The maximum atomic E-state index is 15.1. The molecule has 1 amide bonds. The fourth-order valence-corrected chi connectivity index (χ4v) is 6.57. The van der Waals surface area contributed by atoms with E-state index in [-0.39, 0.29) is 34.0 Å². The number of halogens is 8. The minimum Gasteiger partial charge on any atom is -0.480 e. The van der Waals surface area contributed by atoms with Crippen LogP contribution < -0.4 is 15.8 Å². The van der Waals surface area contributed by atoms with E-state index in [9.17, 15) is 45.8 Å². The molecule has 2 N–H and O–H groups in total. The minimum absolute atomic E-state index is 0.0122. The predicted molar refractivity (Wildman–Crippen MR) is 179 cm³/mol. The Morgan fingerprint density at radius 1 is 0.846 bits per heavy atom. The number of nitrogens with zero attached hydrogens (tertiary/aromatic N) is 2. The van der Waals surface area contributed by atoms with Crippen molar-refractivity contribution >= 4 is 39.2 Å². The Bertz CT molecular complexity index is 2170. The standard InChI is InChI=1S/C36H30F5N3O4.CHF3/c1-43-29-14-4-3-10-25(29)32(36(39,40)41)30(34(43)46)24-13-8-11-22-20(9-7-12-23(22)24)17-28(35(47)48)42-33(45)31-26(37)18-21(19-27(31)38)44-15-5-2-6-16-44;2-1(3)4/h3-4,7-14,18-19,28H,2,5-6,15-17H2,1H3,(H,42,45)(H,47,48);1H. The third kappa shape index (κ3) is 7.87. The first-order chi connectivity index (χ1) is 24.6. The summed E-state index contributed by atoms with van der Waals surface area (Å²) in [4.78, 5) is 40.7. The number of para-hydroxylation sites is 1. The van der Waals surface area contributed by atoms with Crippen LogP contribution in [0.4, 0.5) is 40.8 Å². The number of aromatic nitrogens is 1. The van der Waals surface area contributed by atoms with Gasteiger partial charge in [-0.15, -0.1) is 0 Å². The van der Waals surface area contributed by atoms with Crippen LogP contribution in [0.5, 0.6) is 0 Å². The van der Waals surface area contributed by atoms with E-state index in [1.54, 1.807) is 6.07 Å². The molecule has 5 aromatic rings. The molecule has 2 heterocycles. The van der Waals surface area contributed by atoms with Gasteiger partial charge >= 0.3 is 18.8 Å². The number of carboxylic acids is 1. The number of hydrogen-bond acceptors (Lipinski definition) is 4. The molecule has 0 radical (unpaired) electrons. The fourth-order valence-electron chi connectivity index (χ4n) is 6.57. The molecule has 6 rings (SSSR count). The highest BCUT2D eigenvalue weighted by Gasteiger charge is 2.38. The molecular weight excluding hydrogens is 702 g/mol. The van der Waals surface area contributed by atoms with Gasteiger partial charge in [-0.3, -0.25) is 9.59 Å². The van der Waals surface area contributed by atoms with Gasteiger partial charge in [-0.2, -0.15) is 26.3 Å². The number of carbonyl (C=O) groups excluding carboxylic acids is 1. The molecule has 1 atom stereocenters. The molecule has 1 aromatic heterocycles. The van der Waals surface area contributed by atoms with E-state index in [0.29, 0.717) is 24.0 Å². The summed E-state index contributed by atoms with van der Waals surface area (Å²) >= 11 is 0. The Kier molecular flexibility index (Phi) is 11.2. The Labute approximate surface area is 291 Å². The van der Waals surface area contributed by atoms with Crippen LogP contribution in [-0.4, -0.2) is 47.4 Å². The van der Waals surface area contributed by atoms with Crippen molar-refractivity contribution < 1.29 is 49.8 Å². The van der Waals surface area contributed by atoms with Crippen LogP contribution in [-0.2, 0) is 24.4 Å². The van der Waals surface area contributed by atoms with E-state index in [1.807, 2.05) is 4.90 Å². The van der Waals surface area contributed by atoms with Gasteiger partial charge in [0.15, 0.2) is 0 Å². The number of aryl methyl sites for hydroxylation is 1. The summed E-state index contributed by atoms with van der Waals surface area (Å²) < 4.78 is 104. The summed E-state index contributed by atoms with van der Waals surface area (Å²) in [6.45, 7) is -2.43. The molecule has 4 aromatic carbocycles. The van der Waals surface area contributed by atoms with Crippen LogP contribution in [0.25, 0.3) is 32.8 Å². The molecule has 0 spiro atoms. The second-order valence-corrected chi connectivity index (χ2v) is 12.1. The van der Waals surface area contributed by atoms with Gasteiger partial charge < -0.3 is 19.9 Å². The highest BCUT2D eigenvalue weighted by atomic mass is 19.4. The minimum atomic E-state index is -4.89. The number of rotatable bonds is 7. The van der Waals surface area contributed by atoms with Crippen molar-refractivity contribution in [2.75, 3.05) is 18.0 Å². The number of pyridine rings is 1. The van der Waals surface area contributed by atoms with Crippen molar-refractivity contribution in [1.82, 2.24) is 9.88 Å². The third-order valence-corrected chi connectivity index (χ3v) is 8.87. The number of fused-ring (bicyclic) bond motifs is 2. The summed E-state index contributed by atoms with van der Waals surface area (Å²) in [6, 6.07) is 15.1. The van der Waals surface area contributed by atoms with Crippen LogP contribution in [0.2, 0.25) is 0 Å². The number of alkyl halides is 6. The van der Waals surface area contributed by atoms with Crippen molar-refractivity contribution in [2.24, 2.45) is 7.05 Å². The van der Waals surface area contributed by atoms with E-state index in [0.717, 1.165) is 36.0 Å². The number of amides is 1. The Balaban J connectivity index is 0.00000124. The smallest absolute Gasteiger partial charge is 0.417 e. The maximum absolute atomic E-state index is 15.1. The van der Waals surface area contributed by atoms with Crippen LogP contribution in [0, 0.1) is 11.6 Å². The SMILES string of the molecule is Cn1c(=O)c(-c2cccc3c(CC(NC(=O)c4c(F)cc(N5CCCCC5)cc4F)C(=O)O)cccc23)c(C(F)(F)F)c2ccccc21.FC(F)F. The first-order valence-corrected chi connectivity index (χ1v) is 16.0. The lowest BCUT2D eigenvalue weighted by atomic mass is 9.90. The Morgan fingerprint density at radius 2 is 1.42 bits per heavy atom. The third-order valence-electron chi connectivity index (χ3n) is 8.87. The number of carbonyl (C=O) groups is 2. The summed E-state index contributed by atoms with van der Waals surface area (Å²) in [7, 11) is 1.39. The van der Waals surface area contributed by atoms with E-state index in [1.165, 1.54) is 61.6 Å². The van der Waals surface area contributed by atoms with Crippen molar-refractivity contribution in [3.8, 4) is 11.1 Å². The molecule has 1 aliphatic heterocycles. The molecule has 1 unspecified atom stereocenters. The Hall–Kier alpha value is -5.47. The number of piperidine rings is 1. The highest BCUT2D eigenvalue weighted by Crippen LogP contribution is 2.42. The van der Waals surface area contributed by atoms with Gasteiger partial charge in [-0.1, -0.05) is 54.6 Å². The number of aliphatic carboxylic acids is 1. The summed E-state index contributed by atoms with van der Waals surface area (Å²) in [6.07, 6.45) is -2.53. The predicted octanol–water partition coefficient (Wildman–Crippen LogP) is 8.25. The molecule has 7 nitrogen and oxygen atoms in total. The van der Waals surface area contributed by atoms with E-state index in [2.05, 4.69) is 5.32 Å². The Morgan fingerprint density at radius 3 is 2.04 bits per heavy atom. The molecule has 0 aliphatic carbocycles. The average molecular weight is 734 g/mol. The average Bonchev–Trinajstić information content (AvgIpc) is 3.08. The lowest BCUT2D eigenvalue weighted by Crippen LogP contribution is -2.43. The largest absolute Gasteiger partial charge is 0.480 e. The molecule has 0 bridgehead atoms. The normalized spacial score (nSPS) is 13.9. The molecule has 1 saturated heterocycles. The van der Waals surface area contributed by atoms with Crippen LogP contribution in [0.15, 0.2) is 77.6 Å². The van der Waals surface area contributed by atoms with E-state index >= 15 is 8.78 Å². The van der Waals surface area contributed by atoms with Crippen molar-refractivity contribution in [3.05, 3.63) is 111 Å². The monoisotopic (exact) mass is 733 g/mol. The number of nitrogens with one attached hydrogen (secondary N) is 1. The zero-order valence-corrected chi connectivity index (χ0v) is 27.4. The topological polar surface area (TPSA) is 91.6 Å². The maximum Gasteiger partial charge on any atom is 0.417 e. The van der Waals surface area contributed by atoms with Gasteiger partial charge in [-0.25, -0.2) is 13.6 Å². The van der Waals surface area contributed by atoms with Gasteiger partial charge in [0.1, 0.15) is 23.2 Å². The van der Waals surface area contributed by atoms with Crippen LogP contribution in [0.1, 0.15) is 40.7 Å². The molecule has 1 aliphatic rings. The molecule has 52 heavy (non-hydrogen) atoms. The van der Waals surface area contributed by atoms with Gasteiger partial charge in [0.05, 0.1) is 16.6 Å². The van der Waals surface area contributed by atoms with Gasteiger partial charge in [0.2, 0.25) is 0 Å². The second-order valence-electron chi connectivity index (χ2n) is 12.1. The van der Waals surface area contributed by atoms with Gasteiger partial charge in [0.25, 0.3) is 11.5 Å². The van der Waals surface area contributed by atoms with Gasteiger partial charge in [0, 0.05) is 37.6 Å². The molecule has 0 saturated carbocycles. The number of hydrogen-bond donors (Lipinski definition) is 2. The quantitative estimate of drug-likeness (QED) is 0.165. The summed E-state index contributed by atoms with van der Waals surface area (Å²) in [5, 5.41) is 12.6. The lowest BCUT2D eigenvalue weighted by molar-refractivity contribution is -0.139. The number of carboxylic acid groups (broad SMARTS) is 1. The summed E-state index contributed by atoms with van der Waals surface area (Å²) in [5.41, 5.74) is -2.75. The molecule has 1 fully saturated rings. The first-order valence-electron chi connectivity index (χ1n) is 16.0. The van der Waals surface area contributed by atoms with Crippen molar-refractivity contribution in [1.29, 1.82) is 0 Å². The van der Waals surface area contributed by atoms with Crippen molar-refractivity contribution in [2.45, 2.75) is 44.6 Å². The first kappa shape index (κ1) is 37.8. The van der Waals surface area contributed by atoms with Gasteiger partial charge in [-0.05, 0) is 59.4 Å². The second kappa shape index (κ2) is 15.4. The highest BCUT2D eigenvalue weighted by molar-refractivity contribution is 6.02. The fraction of sp³-hybridized carbons (Fsp3) is 0.270. The number of anilines is 1. The van der Waals surface area contributed by atoms with E-state index in [4.69, 9.17) is 0 Å². The molecule has 274 valence electrons. The zero-order valence-electron chi connectivity index (χ0n) is 27.4. The van der Waals surface area contributed by atoms with Crippen LogP contribution >= 0.6 is 0 Å².